The molecular formula is C19H10Cl2N2O3. The average Bonchev–Trinajstić information content (AvgIpc) is 3.09. The third-order valence-electron chi connectivity index (χ3n) is 3.61. The maximum Gasteiger partial charge on any atom is 0.281 e. The molecule has 7 heteroatoms. The highest BCUT2D eigenvalue weighted by Crippen LogP contribution is 2.34. The van der Waals surface area contributed by atoms with Gasteiger partial charge in [0.05, 0.1) is 22.1 Å². The molecular weight excluding hydrogens is 375 g/mol. The fourth-order valence-electron chi connectivity index (χ4n) is 2.39. The van der Waals surface area contributed by atoms with Gasteiger partial charge in [-0.3, -0.25) is 10.1 Å². The number of benzene rings is 2. The van der Waals surface area contributed by atoms with E-state index in [1.54, 1.807) is 48.5 Å². The molecule has 0 aliphatic rings. The third kappa shape index (κ3) is 3.77. The van der Waals surface area contributed by atoms with Crippen molar-refractivity contribution in [1.29, 1.82) is 5.26 Å². The normalized spacial score (nSPS) is 11.2. The lowest BCUT2D eigenvalue weighted by atomic mass is 10.1. The lowest BCUT2D eigenvalue weighted by molar-refractivity contribution is -0.384. The molecule has 3 rings (SSSR count). The Kier molecular flexibility index (Phi) is 5.08. The van der Waals surface area contributed by atoms with Gasteiger partial charge in [0.1, 0.15) is 11.5 Å². The second kappa shape index (κ2) is 7.44. The van der Waals surface area contributed by atoms with Crippen molar-refractivity contribution in [2.24, 2.45) is 0 Å². The Bertz CT molecular complexity index is 1050. The quantitative estimate of drug-likeness (QED) is 0.303. The van der Waals surface area contributed by atoms with E-state index in [-0.39, 0.29) is 10.7 Å². The first-order valence-corrected chi connectivity index (χ1v) is 8.15. The maximum atomic E-state index is 11.2. The van der Waals surface area contributed by atoms with E-state index in [1.165, 1.54) is 12.1 Å². The van der Waals surface area contributed by atoms with Crippen LogP contribution in [0.25, 0.3) is 23.0 Å². The van der Waals surface area contributed by atoms with E-state index in [2.05, 4.69) is 6.07 Å². The minimum atomic E-state index is -0.520. The molecule has 0 bridgehead atoms. The highest BCUT2D eigenvalue weighted by atomic mass is 35.5. The Morgan fingerprint density at radius 3 is 2.42 bits per heavy atom. The van der Waals surface area contributed by atoms with Crippen molar-refractivity contribution in [3.63, 3.8) is 0 Å². The molecule has 0 unspecified atom stereocenters. The van der Waals surface area contributed by atoms with Gasteiger partial charge < -0.3 is 4.42 Å². The van der Waals surface area contributed by atoms with E-state index in [1.807, 2.05) is 0 Å². The summed E-state index contributed by atoms with van der Waals surface area (Å²) in [6.45, 7) is 0. The molecule has 0 saturated heterocycles. The minimum Gasteiger partial charge on any atom is -0.456 e. The summed E-state index contributed by atoms with van der Waals surface area (Å²) < 4.78 is 5.68. The molecule has 0 spiro atoms. The summed E-state index contributed by atoms with van der Waals surface area (Å²) in [4.78, 5) is 10.7. The molecule has 128 valence electrons. The van der Waals surface area contributed by atoms with Gasteiger partial charge in [-0.1, -0.05) is 35.3 Å². The molecule has 0 N–H and O–H groups in total. The molecule has 0 saturated carbocycles. The van der Waals surface area contributed by atoms with E-state index >= 15 is 0 Å². The number of nitro groups is 1. The van der Waals surface area contributed by atoms with Crippen LogP contribution in [0.2, 0.25) is 10.0 Å². The van der Waals surface area contributed by atoms with Gasteiger partial charge >= 0.3 is 0 Å². The van der Waals surface area contributed by atoms with Crippen molar-refractivity contribution >= 4 is 40.5 Å². The highest BCUT2D eigenvalue weighted by Gasteiger charge is 2.18. The number of nitro benzene ring substituents is 1. The van der Waals surface area contributed by atoms with Crippen LogP contribution in [-0.2, 0) is 0 Å². The van der Waals surface area contributed by atoms with E-state index in [0.29, 0.717) is 33.2 Å². The van der Waals surface area contributed by atoms with Crippen LogP contribution in [0.15, 0.2) is 59.0 Å². The minimum absolute atomic E-state index is 0.152. The number of furan rings is 1. The van der Waals surface area contributed by atoms with Crippen LogP contribution >= 0.6 is 23.2 Å². The summed E-state index contributed by atoms with van der Waals surface area (Å²) in [5, 5.41) is 21.5. The predicted octanol–water partition coefficient (Wildman–Crippen LogP) is 6.23. The molecule has 0 amide bonds. The second-order valence-electron chi connectivity index (χ2n) is 5.30. The summed E-state index contributed by atoms with van der Waals surface area (Å²) in [6.07, 6.45) is 1.56. The maximum absolute atomic E-state index is 11.2. The standard InChI is InChI=1S/C19H10Cl2N2O3/c20-14-3-1-12(2-4-14)13(11-22)9-16-6-8-19(26-16)17-7-5-15(21)10-18(17)23(24)25/h1-10H. The molecule has 26 heavy (non-hydrogen) atoms. The summed E-state index contributed by atoms with van der Waals surface area (Å²) in [7, 11) is 0. The predicted molar refractivity (Wildman–Crippen MR) is 101 cm³/mol. The molecule has 0 radical (unpaired) electrons. The van der Waals surface area contributed by atoms with Gasteiger partial charge in [-0.05, 0) is 48.0 Å². The number of nitrogens with zero attached hydrogens (tertiary/aromatic N) is 2. The molecule has 5 nitrogen and oxygen atoms in total. The zero-order chi connectivity index (χ0) is 18.7. The van der Waals surface area contributed by atoms with Crippen molar-refractivity contribution in [3.8, 4) is 17.4 Å². The van der Waals surface area contributed by atoms with Crippen LogP contribution in [0.4, 0.5) is 5.69 Å². The lowest BCUT2D eigenvalue weighted by Crippen LogP contribution is -1.91. The van der Waals surface area contributed by atoms with Crippen molar-refractivity contribution in [2.75, 3.05) is 0 Å². The Labute approximate surface area is 158 Å². The number of rotatable bonds is 4. The van der Waals surface area contributed by atoms with Crippen LogP contribution < -0.4 is 0 Å². The molecule has 0 fully saturated rings. The monoisotopic (exact) mass is 384 g/mol. The van der Waals surface area contributed by atoms with Gasteiger partial charge in [-0.15, -0.1) is 0 Å². The zero-order valence-corrected chi connectivity index (χ0v) is 14.7. The van der Waals surface area contributed by atoms with Gasteiger partial charge in [0.2, 0.25) is 0 Å². The lowest BCUT2D eigenvalue weighted by Gasteiger charge is -2.01. The van der Waals surface area contributed by atoms with Crippen LogP contribution in [0.1, 0.15) is 11.3 Å². The molecule has 1 aromatic heterocycles. The molecule has 3 aromatic rings. The van der Waals surface area contributed by atoms with E-state index in [4.69, 9.17) is 27.6 Å². The summed E-state index contributed by atoms with van der Waals surface area (Å²) in [6, 6.07) is 16.5. The summed E-state index contributed by atoms with van der Waals surface area (Å²) in [5.41, 5.74) is 1.23. The van der Waals surface area contributed by atoms with Crippen molar-refractivity contribution < 1.29 is 9.34 Å². The van der Waals surface area contributed by atoms with Gasteiger partial charge in [-0.2, -0.15) is 5.26 Å². The van der Waals surface area contributed by atoms with Crippen LogP contribution in [-0.4, -0.2) is 4.92 Å². The Balaban J connectivity index is 1.99. The highest BCUT2D eigenvalue weighted by molar-refractivity contribution is 6.31. The van der Waals surface area contributed by atoms with Crippen LogP contribution in [0, 0.1) is 21.4 Å². The number of halogens is 2. The van der Waals surface area contributed by atoms with Gasteiger partial charge in [0, 0.05) is 16.1 Å². The topological polar surface area (TPSA) is 80.1 Å². The van der Waals surface area contributed by atoms with E-state index in [0.717, 1.165) is 0 Å². The van der Waals surface area contributed by atoms with Crippen LogP contribution in [0.3, 0.4) is 0 Å². The van der Waals surface area contributed by atoms with Crippen molar-refractivity contribution in [2.45, 2.75) is 0 Å². The first-order chi connectivity index (χ1) is 12.5. The van der Waals surface area contributed by atoms with Gasteiger partial charge in [-0.25, -0.2) is 0 Å². The number of hydrogen-bond donors (Lipinski definition) is 0. The van der Waals surface area contributed by atoms with Crippen molar-refractivity contribution in [1.82, 2.24) is 0 Å². The molecule has 1 heterocycles. The Morgan fingerprint density at radius 1 is 1.08 bits per heavy atom. The summed E-state index contributed by atoms with van der Waals surface area (Å²) >= 11 is 11.7. The van der Waals surface area contributed by atoms with Crippen LogP contribution in [0.5, 0.6) is 0 Å². The second-order valence-corrected chi connectivity index (χ2v) is 6.17. The molecule has 0 aliphatic carbocycles. The smallest absolute Gasteiger partial charge is 0.281 e. The average molecular weight is 385 g/mol. The van der Waals surface area contributed by atoms with Gasteiger partial charge in [0.25, 0.3) is 5.69 Å². The fraction of sp³-hybridized carbons (Fsp3) is 0. The first kappa shape index (κ1) is 17.7. The first-order valence-electron chi connectivity index (χ1n) is 7.40. The van der Waals surface area contributed by atoms with Gasteiger partial charge in [0.15, 0.2) is 0 Å². The number of nitriles is 1. The zero-order valence-electron chi connectivity index (χ0n) is 13.1. The Hall–Kier alpha value is -3.07. The van der Waals surface area contributed by atoms with E-state index < -0.39 is 4.92 Å². The fourth-order valence-corrected chi connectivity index (χ4v) is 2.68. The summed E-state index contributed by atoms with van der Waals surface area (Å²) in [5.74, 6) is 0.712. The Morgan fingerprint density at radius 2 is 1.77 bits per heavy atom. The SMILES string of the molecule is N#CC(=Cc1ccc(-c2ccc(Cl)cc2[N+](=O)[O-])o1)c1ccc(Cl)cc1. The molecule has 2 aromatic carbocycles. The number of hydrogen-bond acceptors (Lipinski definition) is 4. The molecule has 0 atom stereocenters. The largest absolute Gasteiger partial charge is 0.456 e. The number of allylic oxidation sites excluding steroid dienone is 1. The third-order valence-corrected chi connectivity index (χ3v) is 4.10. The molecule has 0 aliphatic heterocycles. The van der Waals surface area contributed by atoms with Crippen molar-refractivity contribution in [3.05, 3.63) is 86.1 Å². The van der Waals surface area contributed by atoms with E-state index in [9.17, 15) is 15.4 Å².